The van der Waals surface area contributed by atoms with E-state index in [-0.39, 0.29) is 5.84 Å². The predicted molar refractivity (Wildman–Crippen MR) is 73.5 cm³/mol. The molecule has 0 spiro atoms. The van der Waals surface area contributed by atoms with Crippen molar-refractivity contribution in [2.75, 3.05) is 0 Å². The van der Waals surface area contributed by atoms with Crippen LogP contribution in [0.5, 0.6) is 0 Å². The number of aromatic nitrogens is 2. The van der Waals surface area contributed by atoms with Crippen molar-refractivity contribution in [1.82, 2.24) is 9.78 Å². The minimum Gasteiger partial charge on any atom is -0.409 e. The first-order chi connectivity index (χ1) is 8.11. The summed E-state index contributed by atoms with van der Waals surface area (Å²) in [6.07, 6.45) is 3.62. The van der Waals surface area contributed by atoms with Gasteiger partial charge in [-0.05, 0) is 41.6 Å². The summed E-state index contributed by atoms with van der Waals surface area (Å²) in [5.74, 6) is 0.0780. The van der Waals surface area contributed by atoms with E-state index in [2.05, 4.69) is 32.8 Å². The van der Waals surface area contributed by atoms with Crippen molar-refractivity contribution in [3.05, 3.63) is 45.3 Å². The van der Waals surface area contributed by atoms with Crippen LogP contribution in [0.1, 0.15) is 11.1 Å². The van der Waals surface area contributed by atoms with Crippen molar-refractivity contribution in [3.8, 4) is 5.69 Å². The highest BCUT2D eigenvalue weighted by Gasteiger charge is 2.10. The predicted octanol–water partition coefficient (Wildman–Crippen LogP) is 1.88. The standard InChI is InChI=1S/C11H11IN4O/c1-7-2-3-10(9(4-7)11(13)15-17)16-6-8(12)5-14-16/h2-6,17H,1H3,(H2,13,15). The molecule has 0 radical (unpaired) electrons. The van der Waals surface area contributed by atoms with Gasteiger partial charge in [0.15, 0.2) is 5.84 Å². The maximum absolute atomic E-state index is 8.79. The van der Waals surface area contributed by atoms with Crippen LogP contribution in [0.25, 0.3) is 5.69 Å². The smallest absolute Gasteiger partial charge is 0.172 e. The molecule has 6 heteroatoms. The second-order valence-corrected chi connectivity index (χ2v) is 4.85. The van der Waals surface area contributed by atoms with Crippen molar-refractivity contribution in [2.24, 2.45) is 10.9 Å². The molecule has 1 aromatic heterocycles. The third-order valence-corrected chi connectivity index (χ3v) is 2.89. The first-order valence-corrected chi connectivity index (χ1v) is 5.99. The first kappa shape index (κ1) is 11.9. The van der Waals surface area contributed by atoms with E-state index in [0.29, 0.717) is 5.56 Å². The Morgan fingerprint density at radius 2 is 2.29 bits per heavy atom. The lowest BCUT2D eigenvalue weighted by atomic mass is 10.1. The summed E-state index contributed by atoms with van der Waals surface area (Å²) in [5.41, 5.74) is 8.15. The van der Waals surface area contributed by atoms with E-state index in [0.717, 1.165) is 14.8 Å². The molecule has 2 aromatic rings. The summed E-state index contributed by atoms with van der Waals surface area (Å²) in [6.45, 7) is 1.95. The molecule has 0 aliphatic carbocycles. The fourth-order valence-electron chi connectivity index (χ4n) is 1.54. The van der Waals surface area contributed by atoms with Gasteiger partial charge in [0.05, 0.1) is 15.5 Å². The van der Waals surface area contributed by atoms with Crippen LogP contribution >= 0.6 is 22.6 Å². The molecule has 17 heavy (non-hydrogen) atoms. The Hall–Kier alpha value is -1.57. The molecule has 1 aromatic carbocycles. The highest BCUT2D eigenvalue weighted by Crippen LogP contribution is 2.17. The second-order valence-electron chi connectivity index (χ2n) is 3.61. The number of hydrogen-bond donors (Lipinski definition) is 2. The Kier molecular flexibility index (Phi) is 3.32. The largest absolute Gasteiger partial charge is 0.409 e. The van der Waals surface area contributed by atoms with Gasteiger partial charge in [-0.2, -0.15) is 5.10 Å². The van der Waals surface area contributed by atoms with E-state index in [1.165, 1.54) is 0 Å². The summed E-state index contributed by atoms with van der Waals surface area (Å²) in [5, 5.41) is 16.0. The van der Waals surface area contributed by atoms with E-state index in [9.17, 15) is 0 Å². The van der Waals surface area contributed by atoms with Crippen LogP contribution in [0, 0.1) is 10.5 Å². The van der Waals surface area contributed by atoms with E-state index < -0.39 is 0 Å². The Balaban J connectivity index is 2.61. The molecule has 0 amide bonds. The van der Waals surface area contributed by atoms with Crippen LogP contribution < -0.4 is 5.73 Å². The van der Waals surface area contributed by atoms with Crippen LogP contribution in [-0.4, -0.2) is 20.8 Å². The lowest BCUT2D eigenvalue weighted by molar-refractivity contribution is 0.318. The Labute approximate surface area is 112 Å². The molecule has 3 N–H and O–H groups in total. The number of oxime groups is 1. The van der Waals surface area contributed by atoms with Gasteiger partial charge in [-0.25, -0.2) is 4.68 Å². The van der Waals surface area contributed by atoms with E-state index in [4.69, 9.17) is 10.9 Å². The molecule has 0 unspecified atom stereocenters. The van der Waals surface area contributed by atoms with Crippen molar-refractivity contribution in [2.45, 2.75) is 6.92 Å². The summed E-state index contributed by atoms with van der Waals surface area (Å²) < 4.78 is 2.72. The van der Waals surface area contributed by atoms with Gasteiger partial charge in [-0.1, -0.05) is 16.8 Å². The van der Waals surface area contributed by atoms with Gasteiger partial charge in [-0.3, -0.25) is 0 Å². The molecular weight excluding hydrogens is 331 g/mol. The summed E-state index contributed by atoms with van der Waals surface area (Å²) in [4.78, 5) is 0. The van der Waals surface area contributed by atoms with E-state index in [1.54, 1.807) is 10.9 Å². The molecule has 0 atom stereocenters. The highest BCUT2D eigenvalue weighted by molar-refractivity contribution is 14.1. The number of hydrogen-bond acceptors (Lipinski definition) is 3. The van der Waals surface area contributed by atoms with Gasteiger partial charge in [0.1, 0.15) is 0 Å². The molecule has 0 fully saturated rings. The van der Waals surface area contributed by atoms with Crippen molar-refractivity contribution in [1.29, 1.82) is 0 Å². The fraction of sp³-hybridized carbons (Fsp3) is 0.0909. The molecule has 5 nitrogen and oxygen atoms in total. The SMILES string of the molecule is Cc1ccc(-n2cc(I)cn2)c(/C(N)=N/O)c1. The lowest BCUT2D eigenvalue weighted by Gasteiger charge is -2.09. The molecule has 2 rings (SSSR count). The number of rotatable bonds is 2. The lowest BCUT2D eigenvalue weighted by Crippen LogP contribution is -2.16. The highest BCUT2D eigenvalue weighted by atomic mass is 127. The molecule has 1 heterocycles. The zero-order valence-electron chi connectivity index (χ0n) is 9.13. The third-order valence-electron chi connectivity index (χ3n) is 2.33. The second kappa shape index (κ2) is 4.74. The van der Waals surface area contributed by atoms with Crippen LogP contribution in [0.15, 0.2) is 35.7 Å². The van der Waals surface area contributed by atoms with Gasteiger partial charge in [0.2, 0.25) is 0 Å². The van der Waals surface area contributed by atoms with Crippen LogP contribution in [0.2, 0.25) is 0 Å². The van der Waals surface area contributed by atoms with E-state index in [1.807, 2.05) is 31.3 Å². The van der Waals surface area contributed by atoms with Crippen molar-refractivity contribution < 1.29 is 5.21 Å². The number of amidine groups is 1. The normalized spacial score (nSPS) is 11.8. The molecule has 88 valence electrons. The van der Waals surface area contributed by atoms with Gasteiger partial charge >= 0.3 is 0 Å². The third kappa shape index (κ3) is 2.41. The summed E-state index contributed by atoms with van der Waals surface area (Å²) in [7, 11) is 0. The fourth-order valence-corrected chi connectivity index (χ4v) is 1.93. The minimum atomic E-state index is 0.0780. The number of benzene rings is 1. The first-order valence-electron chi connectivity index (χ1n) is 4.91. The van der Waals surface area contributed by atoms with Gasteiger partial charge in [0, 0.05) is 11.8 Å². The average Bonchev–Trinajstić information content (AvgIpc) is 2.74. The molecule has 0 aliphatic heterocycles. The average molecular weight is 342 g/mol. The Bertz CT molecular complexity index is 577. The monoisotopic (exact) mass is 342 g/mol. The Morgan fingerprint density at radius 1 is 1.53 bits per heavy atom. The molecular formula is C11H11IN4O. The maximum Gasteiger partial charge on any atom is 0.172 e. The minimum absolute atomic E-state index is 0.0780. The zero-order chi connectivity index (χ0) is 12.4. The number of nitrogens with two attached hydrogens (primary N) is 1. The van der Waals surface area contributed by atoms with Crippen molar-refractivity contribution >= 4 is 28.4 Å². The van der Waals surface area contributed by atoms with Gasteiger partial charge in [-0.15, -0.1) is 0 Å². The quantitative estimate of drug-likeness (QED) is 0.288. The maximum atomic E-state index is 8.79. The summed E-state index contributed by atoms with van der Waals surface area (Å²) >= 11 is 2.18. The molecule has 0 aliphatic rings. The zero-order valence-corrected chi connectivity index (χ0v) is 11.3. The van der Waals surface area contributed by atoms with E-state index >= 15 is 0 Å². The summed E-state index contributed by atoms with van der Waals surface area (Å²) in [6, 6.07) is 5.71. The Morgan fingerprint density at radius 3 is 2.88 bits per heavy atom. The number of aryl methyl sites for hydroxylation is 1. The number of nitrogens with zero attached hydrogens (tertiary/aromatic N) is 3. The van der Waals surface area contributed by atoms with Gasteiger partial charge in [0.25, 0.3) is 0 Å². The van der Waals surface area contributed by atoms with Crippen LogP contribution in [0.3, 0.4) is 0 Å². The molecule has 0 saturated heterocycles. The number of halogens is 1. The van der Waals surface area contributed by atoms with Gasteiger partial charge < -0.3 is 10.9 Å². The molecule has 0 bridgehead atoms. The van der Waals surface area contributed by atoms with Crippen molar-refractivity contribution in [3.63, 3.8) is 0 Å². The van der Waals surface area contributed by atoms with Crippen LogP contribution in [-0.2, 0) is 0 Å². The molecule has 0 saturated carbocycles. The topological polar surface area (TPSA) is 76.4 Å². The van der Waals surface area contributed by atoms with Crippen LogP contribution in [0.4, 0.5) is 0 Å².